The second-order valence-electron chi connectivity index (χ2n) is 8.87. The van der Waals surface area contributed by atoms with E-state index in [1.54, 1.807) is 41.3 Å². The van der Waals surface area contributed by atoms with Crippen LogP contribution >= 0.6 is 0 Å². The Bertz CT molecular complexity index is 1240. The molecule has 2 atom stereocenters. The van der Waals surface area contributed by atoms with E-state index in [-0.39, 0.29) is 29.5 Å². The van der Waals surface area contributed by atoms with Crippen LogP contribution in [0.25, 0.3) is 0 Å². The van der Waals surface area contributed by atoms with Crippen molar-refractivity contribution < 1.29 is 27.1 Å². The number of methoxy groups -OCH3 is 1. The zero-order chi connectivity index (χ0) is 25.4. The summed E-state index contributed by atoms with van der Waals surface area (Å²) in [4.78, 5) is 17.0. The molecule has 1 N–H and O–H groups in total. The standard InChI is InChI=1S/C25H25F4N5O2/c1-36-19-4-2-3-16(13-19)21-14-22(25(27,28)29)34-23(31-21)20(15-30-34)24(35)33-11-9-32(10-12-33)18-7-5-17(26)6-8-18/h2-8,13,15,21-22,31H,9-12,14H2,1H3/t21-,22-/m1/s1. The molecule has 0 saturated carbocycles. The van der Waals surface area contributed by atoms with E-state index in [0.717, 1.165) is 10.4 Å². The van der Waals surface area contributed by atoms with Crippen LogP contribution in [0.3, 0.4) is 0 Å². The summed E-state index contributed by atoms with van der Waals surface area (Å²) >= 11 is 0. The molecule has 190 valence electrons. The summed E-state index contributed by atoms with van der Waals surface area (Å²) in [6.45, 7) is 1.80. The number of halogens is 4. The van der Waals surface area contributed by atoms with Crippen molar-refractivity contribution in [3.05, 3.63) is 71.7 Å². The van der Waals surface area contributed by atoms with Crippen molar-refractivity contribution in [2.75, 3.05) is 43.5 Å². The maximum Gasteiger partial charge on any atom is 0.410 e. The minimum atomic E-state index is -4.54. The van der Waals surface area contributed by atoms with E-state index in [2.05, 4.69) is 10.4 Å². The third kappa shape index (κ3) is 4.57. The van der Waals surface area contributed by atoms with Crippen LogP contribution in [0, 0.1) is 5.82 Å². The van der Waals surface area contributed by atoms with Crippen LogP contribution in [-0.2, 0) is 0 Å². The molecule has 7 nitrogen and oxygen atoms in total. The number of rotatable bonds is 4. The maximum atomic E-state index is 14.0. The highest BCUT2D eigenvalue weighted by atomic mass is 19.4. The molecule has 0 spiro atoms. The summed E-state index contributed by atoms with van der Waals surface area (Å²) in [6, 6.07) is 10.4. The number of hydrogen-bond donors (Lipinski definition) is 1. The Labute approximate surface area is 205 Å². The number of hydrogen-bond acceptors (Lipinski definition) is 5. The fourth-order valence-electron chi connectivity index (χ4n) is 4.79. The number of nitrogens with one attached hydrogen (secondary N) is 1. The van der Waals surface area contributed by atoms with Crippen molar-refractivity contribution >= 4 is 17.4 Å². The quantitative estimate of drug-likeness (QED) is 0.525. The molecule has 3 aromatic rings. The average Bonchev–Trinajstić information content (AvgIpc) is 3.31. The van der Waals surface area contributed by atoms with Gasteiger partial charge in [0.15, 0.2) is 6.04 Å². The van der Waals surface area contributed by atoms with Gasteiger partial charge in [0.25, 0.3) is 5.91 Å². The first-order chi connectivity index (χ1) is 17.2. The Kier molecular flexibility index (Phi) is 6.23. The first-order valence-electron chi connectivity index (χ1n) is 11.6. The fraction of sp³-hybridized carbons (Fsp3) is 0.360. The predicted molar refractivity (Wildman–Crippen MR) is 126 cm³/mol. The van der Waals surface area contributed by atoms with Gasteiger partial charge in [0.1, 0.15) is 22.9 Å². The molecule has 2 aliphatic heterocycles. The van der Waals surface area contributed by atoms with Crippen LogP contribution in [0.1, 0.15) is 34.4 Å². The highest BCUT2D eigenvalue weighted by Crippen LogP contribution is 2.44. The number of carbonyl (C=O) groups excluding carboxylic acids is 1. The Morgan fingerprint density at radius 1 is 1.08 bits per heavy atom. The number of ether oxygens (including phenoxy) is 1. The Morgan fingerprint density at radius 3 is 2.47 bits per heavy atom. The topological polar surface area (TPSA) is 62.6 Å². The van der Waals surface area contributed by atoms with E-state index < -0.39 is 18.3 Å². The number of aromatic nitrogens is 2. The lowest BCUT2D eigenvalue weighted by Crippen LogP contribution is -2.49. The highest BCUT2D eigenvalue weighted by molar-refractivity contribution is 5.99. The van der Waals surface area contributed by atoms with Crippen molar-refractivity contribution in [3.8, 4) is 5.75 Å². The Morgan fingerprint density at radius 2 is 1.81 bits per heavy atom. The van der Waals surface area contributed by atoms with Gasteiger partial charge in [-0.1, -0.05) is 12.1 Å². The fourth-order valence-corrected chi connectivity index (χ4v) is 4.79. The number of alkyl halides is 3. The molecular weight excluding hydrogens is 478 g/mol. The van der Waals surface area contributed by atoms with Crippen LogP contribution in [0.4, 0.5) is 29.1 Å². The molecule has 1 fully saturated rings. The molecule has 2 aliphatic rings. The minimum absolute atomic E-state index is 0.0577. The lowest BCUT2D eigenvalue weighted by molar-refractivity contribution is -0.173. The highest BCUT2D eigenvalue weighted by Gasteiger charge is 2.47. The lowest BCUT2D eigenvalue weighted by Gasteiger charge is -2.37. The molecule has 1 saturated heterocycles. The van der Waals surface area contributed by atoms with Gasteiger partial charge in [0, 0.05) is 38.3 Å². The number of nitrogens with zero attached hydrogens (tertiary/aromatic N) is 4. The number of carbonyl (C=O) groups is 1. The summed E-state index contributed by atoms with van der Waals surface area (Å²) in [5, 5.41) is 7.10. The monoisotopic (exact) mass is 503 g/mol. The predicted octanol–water partition coefficient (Wildman–Crippen LogP) is 4.65. The molecule has 1 amide bonds. The number of piperazine rings is 1. The van der Waals surface area contributed by atoms with E-state index in [1.165, 1.54) is 25.4 Å². The zero-order valence-corrected chi connectivity index (χ0v) is 19.5. The van der Waals surface area contributed by atoms with Gasteiger partial charge >= 0.3 is 6.18 Å². The van der Waals surface area contributed by atoms with Crippen LogP contribution in [0.15, 0.2) is 54.7 Å². The van der Waals surface area contributed by atoms with E-state index in [9.17, 15) is 22.4 Å². The molecule has 2 aromatic carbocycles. The number of anilines is 2. The van der Waals surface area contributed by atoms with Gasteiger partial charge in [0.05, 0.1) is 19.3 Å². The second-order valence-corrected chi connectivity index (χ2v) is 8.87. The van der Waals surface area contributed by atoms with Gasteiger partial charge in [-0.25, -0.2) is 9.07 Å². The van der Waals surface area contributed by atoms with Crippen molar-refractivity contribution in [1.82, 2.24) is 14.7 Å². The first kappa shape index (κ1) is 24.0. The lowest BCUT2D eigenvalue weighted by atomic mass is 9.96. The summed E-state index contributed by atoms with van der Waals surface area (Å²) < 4.78 is 61.4. The SMILES string of the molecule is COc1cccc([C@H]2C[C@H](C(F)(F)F)n3ncc(C(=O)N4CCN(c5ccc(F)cc5)CC4)c3N2)c1. The molecule has 0 aliphatic carbocycles. The van der Waals surface area contributed by atoms with Gasteiger partial charge in [-0.05, 0) is 42.0 Å². The molecule has 0 unspecified atom stereocenters. The average molecular weight is 504 g/mol. The molecule has 3 heterocycles. The Balaban J connectivity index is 1.38. The molecule has 1 aromatic heterocycles. The summed E-state index contributed by atoms with van der Waals surface area (Å²) in [5.41, 5.74) is 1.58. The van der Waals surface area contributed by atoms with Crippen LogP contribution < -0.4 is 15.0 Å². The van der Waals surface area contributed by atoms with Crippen molar-refractivity contribution in [3.63, 3.8) is 0 Å². The van der Waals surface area contributed by atoms with Gasteiger partial charge in [-0.2, -0.15) is 18.3 Å². The van der Waals surface area contributed by atoms with E-state index >= 15 is 0 Å². The first-order valence-corrected chi connectivity index (χ1v) is 11.6. The smallest absolute Gasteiger partial charge is 0.410 e. The molecule has 0 radical (unpaired) electrons. The van der Waals surface area contributed by atoms with Crippen molar-refractivity contribution in [1.29, 1.82) is 0 Å². The molecule has 5 rings (SSSR count). The molecule has 11 heteroatoms. The number of benzene rings is 2. The minimum Gasteiger partial charge on any atom is -0.497 e. The molecule has 36 heavy (non-hydrogen) atoms. The van der Waals surface area contributed by atoms with E-state index in [1.807, 2.05) is 4.90 Å². The summed E-state index contributed by atoms with van der Waals surface area (Å²) in [7, 11) is 1.49. The zero-order valence-electron chi connectivity index (χ0n) is 19.5. The largest absolute Gasteiger partial charge is 0.497 e. The van der Waals surface area contributed by atoms with Gasteiger partial charge in [-0.3, -0.25) is 4.79 Å². The summed E-state index contributed by atoms with van der Waals surface area (Å²) in [5.74, 6) is -0.111. The number of fused-ring (bicyclic) bond motifs is 1. The Hall–Kier alpha value is -3.76. The third-order valence-corrected chi connectivity index (χ3v) is 6.72. The van der Waals surface area contributed by atoms with Gasteiger partial charge in [-0.15, -0.1) is 0 Å². The second kappa shape index (κ2) is 9.36. The van der Waals surface area contributed by atoms with E-state index in [4.69, 9.17) is 4.74 Å². The number of amides is 1. The van der Waals surface area contributed by atoms with Crippen LogP contribution in [0.2, 0.25) is 0 Å². The van der Waals surface area contributed by atoms with Crippen LogP contribution in [-0.4, -0.2) is 60.1 Å². The van der Waals surface area contributed by atoms with Crippen molar-refractivity contribution in [2.24, 2.45) is 0 Å². The van der Waals surface area contributed by atoms with E-state index in [0.29, 0.717) is 37.5 Å². The maximum absolute atomic E-state index is 14.0. The molecular formula is C25H25F4N5O2. The molecule has 0 bridgehead atoms. The van der Waals surface area contributed by atoms with Gasteiger partial charge in [0.2, 0.25) is 0 Å². The van der Waals surface area contributed by atoms with Gasteiger partial charge < -0.3 is 19.9 Å². The van der Waals surface area contributed by atoms with Crippen LogP contribution in [0.5, 0.6) is 5.75 Å². The third-order valence-electron chi connectivity index (χ3n) is 6.72. The van der Waals surface area contributed by atoms with Crippen molar-refractivity contribution in [2.45, 2.75) is 24.7 Å². The summed E-state index contributed by atoms with van der Waals surface area (Å²) in [6.07, 6.45) is -3.60. The normalized spacial score (nSPS) is 20.0.